The van der Waals surface area contributed by atoms with Crippen molar-refractivity contribution in [2.45, 2.75) is 109 Å². The molecule has 0 aromatic rings. The van der Waals surface area contributed by atoms with Gasteiger partial charge in [-0.1, -0.05) is 45.4 Å². The average Bonchev–Trinajstić information content (AvgIpc) is 2.67. The van der Waals surface area contributed by atoms with Crippen LogP contribution in [0, 0.1) is 11.8 Å². The monoisotopic (exact) mass is 349 g/mol. The zero-order valence-corrected chi connectivity index (χ0v) is 16.4. The number of ether oxygens (including phenoxy) is 1. The minimum atomic E-state index is 0.274. The van der Waals surface area contributed by atoms with Crippen molar-refractivity contribution in [3.8, 4) is 0 Å². The Bertz CT molecular complexity index is 391. The summed E-state index contributed by atoms with van der Waals surface area (Å²) in [7, 11) is 0. The molecule has 0 aromatic carbocycles. The molecule has 3 aliphatic carbocycles. The molecule has 3 rings (SSSR count). The topological polar surface area (TPSA) is 29.5 Å². The lowest BCUT2D eigenvalue weighted by atomic mass is 9.87. The minimum Gasteiger partial charge on any atom is -0.368 e. The maximum atomic E-state index is 13.0. The van der Waals surface area contributed by atoms with Gasteiger partial charge in [0.15, 0.2) is 0 Å². The Kier molecular flexibility index (Phi) is 7.64. The van der Waals surface area contributed by atoms with Crippen molar-refractivity contribution < 1.29 is 9.53 Å². The molecule has 0 atom stereocenters. The van der Waals surface area contributed by atoms with Crippen LogP contribution >= 0.6 is 0 Å². The molecule has 3 heteroatoms. The third-order valence-electron chi connectivity index (χ3n) is 6.92. The Morgan fingerprint density at radius 3 is 2.08 bits per heavy atom. The second-order valence-corrected chi connectivity index (χ2v) is 9.03. The predicted octanol–water partition coefficient (Wildman–Crippen LogP) is 5.32. The lowest BCUT2D eigenvalue weighted by Gasteiger charge is -2.38. The summed E-state index contributed by atoms with van der Waals surface area (Å²) in [6, 6.07) is 0.484. The summed E-state index contributed by atoms with van der Waals surface area (Å²) in [5, 5.41) is 0. The molecule has 0 spiro atoms. The van der Waals surface area contributed by atoms with Gasteiger partial charge in [-0.25, -0.2) is 0 Å². The van der Waals surface area contributed by atoms with Gasteiger partial charge < -0.3 is 9.64 Å². The normalized spacial score (nSPS) is 29.5. The molecular weight excluding hydrogens is 310 g/mol. The van der Waals surface area contributed by atoms with Crippen LogP contribution in [0.3, 0.4) is 0 Å². The van der Waals surface area contributed by atoms with Crippen LogP contribution in [0.2, 0.25) is 0 Å². The number of carbonyl (C=O) groups is 1. The van der Waals surface area contributed by atoms with Gasteiger partial charge in [-0.2, -0.15) is 0 Å². The third-order valence-corrected chi connectivity index (χ3v) is 6.92. The van der Waals surface area contributed by atoms with Crippen molar-refractivity contribution in [1.29, 1.82) is 0 Å². The summed E-state index contributed by atoms with van der Waals surface area (Å²) in [6.45, 7) is 3.65. The molecule has 0 N–H and O–H groups in total. The Hall–Kier alpha value is -0.570. The van der Waals surface area contributed by atoms with E-state index in [9.17, 15) is 4.79 Å². The van der Waals surface area contributed by atoms with E-state index >= 15 is 0 Å². The van der Waals surface area contributed by atoms with Crippen molar-refractivity contribution >= 4 is 5.91 Å². The van der Waals surface area contributed by atoms with E-state index in [-0.39, 0.29) is 5.91 Å². The molecule has 144 valence electrons. The molecule has 3 aliphatic rings. The van der Waals surface area contributed by atoms with Crippen molar-refractivity contribution in [3.63, 3.8) is 0 Å². The zero-order chi connectivity index (χ0) is 17.5. The molecule has 0 heterocycles. The zero-order valence-electron chi connectivity index (χ0n) is 16.4. The Balaban J connectivity index is 1.52. The first-order valence-electron chi connectivity index (χ1n) is 11.1. The molecule has 0 saturated heterocycles. The van der Waals surface area contributed by atoms with E-state index in [0.717, 1.165) is 31.2 Å². The van der Waals surface area contributed by atoms with Gasteiger partial charge in [-0.05, 0) is 63.2 Å². The highest BCUT2D eigenvalue weighted by Crippen LogP contribution is 2.29. The molecule has 3 nitrogen and oxygen atoms in total. The van der Waals surface area contributed by atoms with Crippen LogP contribution in [0.5, 0.6) is 0 Å². The molecular formula is C22H39NO2. The highest BCUT2D eigenvalue weighted by molar-refractivity contribution is 5.77. The molecule has 1 amide bonds. The number of hydrogen-bond acceptors (Lipinski definition) is 2. The molecule has 0 bridgehead atoms. The number of amides is 1. The molecule has 0 radical (unpaired) electrons. The summed E-state index contributed by atoms with van der Waals surface area (Å²) in [5.74, 6) is 1.84. The van der Waals surface area contributed by atoms with Gasteiger partial charge in [0.05, 0.1) is 6.10 Å². The summed E-state index contributed by atoms with van der Waals surface area (Å²) in [5.41, 5.74) is 0. The largest absolute Gasteiger partial charge is 0.368 e. The fourth-order valence-electron chi connectivity index (χ4n) is 5.16. The third kappa shape index (κ3) is 5.98. The van der Waals surface area contributed by atoms with E-state index in [0.29, 0.717) is 18.8 Å². The first-order chi connectivity index (χ1) is 12.2. The molecule has 3 fully saturated rings. The van der Waals surface area contributed by atoms with E-state index in [1.807, 2.05) is 0 Å². The molecule has 0 unspecified atom stereocenters. The van der Waals surface area contributed by atoms with E-state index in [1.54, 1.807) is 0 Å². The fourth-order valence-corrected chi connectivity index (χ4v) is 5.16. The van der Waals surface area contributed by atoms with Crippen LogP contribution in [0.4, 0.5) is 0 Å². The van der Waals surface area contributed by atoms with Gasteiger partial charge >= 0.3 is 0 Å². The predicted molar refractivity (Wildman–Crippen MR) is 103 cm³/mol. The van der Waals surface area contributed by atoms with Crippen LogP contribution < -0.4 is 0 Å². The Labute approximate surface area is 154 Å². The molecule has 0 aliphatic heterocycles. The minimum absolute atomic E-state index is 0.274. The van der Waals surface area contributed by atoms with Crippen LogP contribution in [0.1, 0.15) is 96.8 Å². The van der Waals surface area contributed by atoms with E-state index in [4.69, 9.17) is 4.74 Å². The van der Waals surface area contributed by atoms with Crippen molar-refractivity contribution in [3.05, 3.63) is 0 Å². The second kappa shape index (κ2) is 9.94. The highest BCUT2D eigenvalue weighted by Gasteiger charge is 2.29. The summed E-state index contributed by atoms with van der Waals surface area (Å²) in [4.78, 5) is 15.3. The fraction of sp³-hybridized carbons (Fsp3) is 0.955. The van der Waals surface area contributed by atoms with Gasteiger partial charge in [-0.3, -0.25) is 4.79 Å². The number of carbonyl (C=O) groups excluding carboxylic acids is 1. The van der Waals surface area contributed by atoms with Crippen LogP contribution in [0.15, 0.2) is 0 Å². The molecule has 0 aromatic heterocycles. The Morgan fingerprint density at radius 1 is 0.840 bits per heavy atom. The number of rotatable bonds is 6. The van der Waals surface area contributed by atoms with E-state index in [2.05, 4.69) is 11.8 Å². The lowest BCUT2D eigenvalue weighted by Crippen LogP contribution is -2.46. The summed E-state index contributed by atoms with van der Waals surface area (Å²) < 4.78 is 6.06. The van der Waals surface area contributed by atoms with Crippen LogP contribution in [-0.4, -0.2) is 36.1 Å². The van der Waals surface area contributed by atoms with Crippen molar-refractivity contribution in [2.24, 2.45) is 11.8 Å². The Morgan fingerprint density at radius 2 is 1.44 bits per heavy atom. The van der Waals surface area contributed by atoms with Gasteiger partial charge in [-0.15, -0.1) is 0 Å². The van der Waals surface area contributed by atoms with Crippen molar-refractivity contribution in [2.75, 3.05) is 13.2 Å². The average molecular weight is 350 g/mol. The first kappa shape index (κ1) is 19.2. The van der Waals surface area contributed by atoms with E-state index < -0.39 is 0 Å². The maximum Gasteiger partial charge on any atom is 0.248 e. The SMILES string of the molecule is CC1CCC(OCC(=O)N(CC2CCCCC2)C2CCCCC2)CC1. The molecule has 3 saturated carbocycles. The quantitative estimate of drug-likeness (QED) is 0.649. The molecule has 25 heavy (non-hydrogen) atoms. The second-order valence-electron chi connectivity index (χ2n) is 9.03. The van der Waals surface area contributed by atoms with Gasteiger partial charge in [0.1, 0.15) is 6.61 Å². The number of nitrogens with zero attached hydrogens (tertiary/aromatic N) is 1. The first-order valence-corrected chi connectivity index (χ1v) is 11.1. The van der Waals surface area contributed by atoms with Gasteiger partial charge in [0, 0.05) is 12.6 Å². The van der Waals surface area contributed by atoms with Gasteiger partial charge in [0.2, 0.25) is 5.91 Å². The lowest BCUT2D eigenvalue weighted by molar-refractivity contribution is -0.143. The highest BCUT2D eigenvalue weighted by atomic mass is 16.5. The van der Waals surface area contributed by atoms with Crippen molar-refractivity contribution in [1.82, 2.24) is 4.90 Å². The van der Waals surface area contributed by atoms with E-state index in [1.165, 1.54) is 77.0 Å². The van der Waals surface area contributed by atoms with Crippen LogP contribution in [-0.2, 0) is 9.53 Å². The van der Waals surface area contributed by atoms with Crippen LogP contribution in [0.25, 0.3) is 0 Å². The summed E-state index contributed by atoms with van der Waals surface area (Å²) in [6.07, 6.45) is 18.2. The summed E-state index contributed by atoms with van der Waals surface area (Å²) >= 11 is 0. The smallest absolute Gasteiger partial charge is 0.248 e. The maximum absolute atomic E-state index is 13.0. The number of hydrogen-bond donors (Lipinski definition) is 0. The van der Waals surface area contributed by atoms with Gasteiger partial charge in [0.25, 0.3) is 0 Å². The standard InChI is InChI=1S/C22H39NO2/c1-18-12-14-21(15-13-18)25-17-22(24)23(20-10-6-3-7-11-20)16-19-8-4-2-5-9-19/h18-21H,2-17H2,1H3.